The predicted octanol–water partition coefficient (Wildman–Crippen LogP) is 4.97. The Labute approximate surface area is 153 Å². The van der Waals surface area contributed by atoms with Gasteiger partial charge in [-0.25, -0.2) is 4.98 Å². The van der Waals surface area contributed by atoms with Crippen molar-refractivity contribution in [3.63, 3.8) is 0 Å². The van der Waals surface area contributed by atoms with Gasteiger partial charge < -0.3 is 10.2 Å². The monoisotopic (exact) mass is 342 g/mol. The standard InChI is InChI=1S/C22H22N4/c1-15-13-21(25-22(23-15)24-17-7-3-2-4-8-17)26-14-16-11-12-20(26)19-10-6-5-9-18(16)19/h2-10,13,16,20H,11-12,14H2,1H3,(H,23,24,25)/t16-,20+/m1/s1. The second kappa shape index (κ2) is 6.13. The van der Waals surface area contributed by atoms with Crippen LogP contribution in [0.1, 0.15) is 41.6 Å². The molecule has 2 bridgehead atoms. The smallest absolute Gasteiger partial charge is 0.229 e. The molecule has 0 saturated carbocycles. The first-order valence-corrected chi connectivity index (χ1v) is 9.31. The number of benzene rings is 2. The molecule has 130 valence electrons. The largest absolute Gasteiger partial charge is 0.349 e. The molecule has 1 saturated heterocycles. The zero-order valence-corrected chi connectivity index (χ0v) is 14.9. The van der Waals surface area contributed by atoms with E-state index < -0.39 is 0 Å². The Bertz CT molecular complexity index is 938. The van der Waals surface area contributed by atoms with Crippen LogP contribution in [0.2, 0.25) is 0 Å². The summed E-state index contributed by atoms with van der Waals surface area (Å²) < 4.78 is 0. The van der Waals surface area contributed by atoms with Crippen LogP contribution < -0.4 is 10.2 Å². The highest BCUT2D eigenvalue weighted by Crippen LogP contribution is 2.47. The maximum atomic E-state index is 4.85. The Morgan fingerprint density at radius 3 is 2.54 bits per heavy atom. The molecule has 1 N–H and O–H groups in total. The summed E-state index contributed by atoms with van der Waals surface area (Å²) in [6, 6.07) is 21.6. The molecule has 0 unspecified atom stereocenters. The third kappa shape index (κ3) is 2.62. The molecule has 6 rings (SSSR count). The Kier molecular flexibility index (Phi) is 3.63. The second-order valence-electron chi connectivity index (χ2n) is 7.25. The maximum absolute atomic E-state index is 4.85. The topological polar surface area (TPSA) is 41.1 Å². The summed E-state index contributed by atoms with van der Waals surface area (Å²) >= 11 is 0. The molecule has 26 heavy (non-hydrogen) atoms. The van der Waals surface area contributed by atoms with E-state index in [0.717, 1.165) is 23.7 Å². The average Bonchev–Trinajstić information content (AvgIpc) is 2.69. The molecule has 4 nitrogen and oxygen atoms in total. The van der Waals surface area contributed by atoms with Gasteiger partial charge in [-0.3, -0.25) is 0 Å². The number of rotatable bonds is 3. The van der Waals surface area contributed by atoms with E-state index in [4.69, 9.17) is 4.98 Å². The third-order valence-corrected chi connectivity index (χ3v) is 5.54. The first-order chi connectivity index (χ1) is 12.8. The van der Waals surface area contributed by atoms with Crippen LogP contribution in [0, 0.1) is 6.92 Å². The van der Waals surface area contributed by atoms with Gasteiger partial charge in [-0.05, 0) is 43.0 Å². The first kappa shape index (κ1) is 15.4. The lowest BCUT2D eigenvalue weighted by atomic mass is 9.75. The van der Waals surface area contributed by atoms with Gasteiger partial charge in [0.05, 0.1) is 6.04 Å². The summed E-state index contributed by atoms with van der Waals surface area (Å²) in [6.07, 6.45) is 2.48. The molecule has 1 aliphatic carbocycles. The number of aromatic nitrogens is 2. The summed E-state index contributed by atoms with van der Waals surface area (Å²) in [6.45, 7) is 3.08. The van der Waals surface area contributed by atoms with Gasteiger partial charge in [-0.1, -0.05) is 42.5 Å². The quantitative estimate of drug-likeness (QED) is 0.730. The zero-order valence-electron chi connectivity index (χ0n) is 14.9. The molecule has 2 atom stereocenters. The predicted molar refractivity (Wildman–Crippen MR) is 105 cm³/mol. The van der Waals surface area contributed by atoms with E-state index in [2.05, 4.69) is 45.5 Å². The summed E-state index contributed by atoms with van der Waals surface area (Å²) in [4.78, 5) is 11.9. The molecular weight excluding hydrogens is 320 g/mol. The van der Waals surface area contributed by atoms with Gasteiger partial charge in [-0.2, -0.15) is 4.98 Å². The van der Waals surface area contributed by atoms with Crippen molar-refractivity contribution in [2.45, 2.75) is 31.7 Å². The van der Waals surface area contributed by atoms with Crippen molar-refractivity contribution in [3.05, 3.63) is 77.5 Å². The number of piperidine rings is 1. The van der Waals surface area contributed by atoms with Crippen molar-refractivity contribution < 1.29 is 0 Å². The van der Waals surface area contributed by atoms with E-state index in [1.807, 2.05) is 37.3 Å². The van der Waals surface area contributed by atoms with Crippen molar-refractivity contribution in [1.29, 1.82) is 0 Å². The lowest BCUT2D eigenvalue weighted by Crippen LogP contribution is -2.43. The first-order valence-electron chi connectivity index (χ1n) is 9.31. The van der Waals surface area contributed by atoms with Crippen LogP contribution in [0.3, 0.4) is 0 Å². The Morgan fingerprint density at radius 2 is 1.69 bits per heavy atom. The molecule has 1 aromatic heterocycles. The van der Waals surface area contributed by atoms with Crippen LogP contribution in [-0.2, 0) is 0 Å². The molecule has 2 aromatic carbocycles. The molecule has 3 aromatic rings. The molecule has 3 heterocycles. The van der Waals surface area contributed by atoms with Crippen LogP contribution in [0.25, 0.3) is 0 Å². The van der Waals surface area contributed by atoms with Gasteiger partial charge in [-0.15, -0.1) is 0 Å². The lowest BCUT2D eigenvalue weighted by molar-refractivity contribution is 0.387. The minimum absolute atomic E-state index is 0.426. The van der Waals surface area contributed by atoms with Crippen LogP contribution in [-0.4, -0.2) is 16.5 Å². The highest BCUT2D eigenvalue weighted by Gasteiger charge is 2.38. The molecular formula is C22H22N4. The van der Waals surface area contributed by atoms with Crippen LogP contribution in [0.4, 0.5) is 17.5 Å². The molecule has 1 fully saturated rings. The minimum Gasteiger partial charge on any atom is -0.349 e. The van der Waals surface area contributed by atoms with Gasteiger partial charge in [0, 0.05) is 29.9 Å². The number of aryl methyl sites for hydroxylation is 1. The van der Waals surface area contributed by atoms with Crippen LogP contribution >= 0.6 is 0 Å². The van der Waals surface area contributed by atoms with Gasteiger partial charge in [0.2, 0.25) is 5.95 Å². The number of nitrogens with one attached hydrogen (secondary N) is 1. The highest BCUT2D eigenvalue weighted by molar-refractivity contribution is 5.57. The van der Waals surface area contributed by atoms with Crippen molar-refractivity contribution in [2.24, 2.45) is 0 Å². The van der Waals surface area contributed by atoms with Gasteiger partial charge in [0.25, 0.3) is 0 Å². The molecule has 0 amide bonds. The summed E-state index contributed by atoms with van der Waals surface area (Å²) in [7, 11) is 0. The fourth-order valence-corrected chi connectivity index (χ4v) is 4.39. The highest BCUT2D eigenvalue weighted by atomic mass is 15.3. The van der Waals surface area contributed by atoms with E-state index in [9.17, 15) is 0 Å². The molecule has 3 aliphatic rings. The van der Waals surface area contributed by atoms with E-state index in [1.54, 1.807) is 0 Å². The second-order valence-corrected chi connectivity index (χ2v) is 7.25. The molecule has 0 radical (unpaired) electrons. The number of hydrogen-bond donors (Lipinski definition) is 1. The molecule has 4 heteroatoms. The number of para-hydroxylation sites is 1. The number of fused-ring (bicyclic) bond motifs is 2. The fourth-order valence-electron chi connectivity index (χ4n) is 4.39. The summed E-state index contributed by atoms with van der Waals surface area (Å²) in [5.74, 6) is 2.30. The number of anilines is 3. The van der Waals surface area contributed by atoms with Crippen molar-refractivity contribution in [2.75, 3.05) is 16.8 Å². The summed E-state index contributed by atoms with van der Waals surface area (Å²) in [5, 5.41) is 3.34. The Hall–Kier alpha value is -2.88. The van der Waals surface area contributed by atoms with Gasteiger partial charge >= 0.3 is 0 Å². The Balaban J connectivity index is 1.49. The minimum atomic E-state index is 0.426. The van der Waals surface area contributed by atoms with Crippen LogP contribution in [0.15, 0.2) is 60.7 Å². The van der Waals surface area contributed by atoms with Gasteiger partial charge in [0.1, 0.15) is 5.82 Å². The maximum Gasteiger partial charge on any atom is 0.229 e. The fraction of sp³-hybridized carbons (Fsp3) is 0.273. The van der Waals surface area contributed by atoms with Crippen LogP contribution in [0.5, 0.6) is 0 Å². The van der Waals surface area contributed by atoms with E-state index in [-0.39, 0.29) is 0 Å². The van der Waals surface area contributed by atoms with Crippen molar-refractivity contribution >= 4 is 17.5 Å². The Morgan fingerprint density at radius 1 is 0.923 bits per heavy atom. The van der Waals surface area contributed by atoms with E-state index >= 15 is 0 Å². The molecule has 2 aliphatic heterocycles. The van der Waals surface area contributed by atoms with E-state index in [0.29, 0.717) is 17.9 Å². The SMILES string of the molecule is Cc1cc(N2C[C@H]3CC[C@H]2c2ccccc23)nc(Nc2ccccc2)n1. The van der Waals surface area contributed by atoms with E-state index in [1.165, 1.54) is 24.0 Å². The average molecular weight is 342 g/mol. The lowest BCUT2D eigenvalue weighted by Gasteiger charge is -2.47. The molecule has 0 spiro atoms. The number of nitrogens with zero attached hydrogens (tertiary/aromatic N) is 3. The zero-order chi connectivity index (χ0) is 17.5. The number of hydrogen-bond acceptors (Lipinski definition) is 4. The van der Waals surface area contributed by atoms with Crippen molar-refractivity contribution in [3.8, 4) is 0 Å². The third-order valence-electron chi connectivity index (χ3n) is 5.54. The summed E-state index contributed by atoms with van der Waals surface area (Å²) in [5.41, 5.74) is 5.01. The van der Waals surface area contributed by atoms with Gasteiger partial charge in [0.15, 0.2) is 0 Å². The van der Waals surface area contributed by atoms with Crippen molar-refractivity contribution in [1.82, 2.24) is 9.97 Å². The normalized spacial score (nSPS) is 20.7.